The number of amides is 1. The van der Waals surface area contributed by atoms with Crippen LogP contribution in [0.15, 0.2) is 54.6 Å². The van der Waals surface area contributed by atoms with E-state index < -0.39 is 0 Å². The number of likely N-dealkylation sites (tertiary alicyclic amines) is 1. The van der Waals surface area contributed by atoms with Crippen molar-refractivity contribution in [2.75, 3.05) is 40.4 Å². The molecule has 0 radical (unpaired) electrons. The van der Waals surface area contributed by atoms with Crippen LogP contribution in [0.5, 0.6) is 11.5 Å². The Kier molecular flexibility index (Phi) is 6.52. The summed E-state index contributed by atoms with van der Waals surface area (Å²) in [6.45, 7) is 3.71. The van der Waals surface area contributed by atoms with Crippen molar-refractivity contribution in [2.45, 2.75) is 12.8 Å². The Hall–Kier alpha value is -3.32. The molecule has 162 valence electrons. The number of nitrogens with one attached hydrogen (secondary N) is 1. The van der Waals surface area contributed by atoms with Gasteiger partial charge in [0.05, 0.1) is 25.6 Å². The smallest absolute Gasteiger partial charge is 0.270 e. The molecule has 1 aromatic heterocycles. The van der Waals surface area contributed by atoms with E-state index in [0.717, 1.165) is 48.1 Å². The van der Waals surface area contributed by atoms with Gasteiger partial charge >= 0.3 is 0 Å². The summed E-state index contributed by atoms with van der Waals surface area (Å²) >= 11 is 0. The molecule has 3 aromatic rings. The van der Waals surface area contributed by atoms with Gasteiger partial charge in [0, 0.05) is 18.7 Å². The molecule has 1 aliphatic rings. The van der Waals surface area contributed by atoms with Crippen LogP contribution < -0.4 is 14.8 Å². The molecule has 2 heterocycles. The molecular formula is C24H28N4O3. The monoisotopic (exact) mass is 420 g/mol. The molecule has 0 spiro atoms. The SMILES string of the molecule is COc1ccc(-c2cc(C(=O)NCCN3CCCC3)n(-c3ccc(OC)cc3)n2)cc1. The topological polar surface area (TPSA) is 68.6 Å². The lowest BCUT2D eigenvalue weighted by Gasteiger charge is -2.15. The Morgan fingerprint density at radius 1 is 0.968 bits per heavy atom. The first-order valence-corrected chi connectivity index (χ1v) is 10.6. The zero-order valence-electron chi connectivity index (χ0n) is 18.0. The number of carbonyl (C=O) groups excluding carboxylic acids is 1. The largest absolute Gasteiger partial charge is 0.497 e. The van der Waals surface area contributed by atoms with Crippen LogP contribution in [0, 0.1) is 0 Å². The molecule has 0 unspecified atom stereocenters. The standard InChI is InChI=1S/C24H28N4O3/c1-30-20-9-5-18(6-10-20)22-17-23(24(29)25-13-16-27-14-3-4-15-27)28(26-22)19-7-11-21(31-2)12-8-19/h5-12,17H,3-4,13-16H2,1-2H3,(H,25,29). The summed E-state index contributed by atoms with van der Waals surface area (Å²) in [6, 6.07) is 17.0. The molecule has 1 fully saturated rings. The second-order valence-corrected chi connectivity index (χ2v) is 7.56. The number of rotatable bonds is 8. The van der Waals surface area contributed by atoms with Crippen molar-refractivity contribution in [3.63, 3.8) is 0 Å². The maximum absolute atomic E-state index is 13.0. The molecule has 1 amide bonds. The van der Waals surface area contributed by atoms with Crippen LogP contribution >= 0.6 is 0 Å². The van der Waals surface area contributed by atoms with Gasteiger partial charge in [-0.2, -0.15) is 5.10 Å². The van der Waals surface area contributed by atoms with E-state index in [1.165, 1.54) is 12.8 Å². The normalized spacial score (nSPS) is 13.9. The number of nitrogens with zero attached hydrogens (tertiary/aromatic N) is 3. The number of carbonyl (C=O) groups is 1. The molecule has 31 heavy (non-hydrogen) atoms. The van der Waals surface area contributed by atoms with E-state index in [9.17, 15) is 4.79 Å². The van der Waals surface area contributed by atoms with Crippen molar-refractivity contribution in [3.8, 4) is 28.4 Å². The third-order valence-electron chi connectivity index (χ3n) is 5.56. The van der Waals surface area contributed by atoms with Crippen molar-refractivity contribution >= 4 is 5.91 Å². The van der Waals surface area contributed by atoms with Crippen LogP contribution in [0.25, 0.3) is 16.9 Å². The Morgan fingerprint density at radius 3 is 2.19 bits per heavy atom. The maximum atomic E-state index is 13.0. The second kappa shape index (κ2) is 9.66. The third-order valence-corrected chi connectivity index (χ3v) is 5.56. The summed E-state index contributed by atoms with van der Waals surface area (Å²) in [4.78, 5) is 15.4. The van der Waals surface area contributed by atoms with Crippen molar-refractivity contribution in [3.05, 3.63) is 60.3 Å². The quantitative estimate of drug-likeness (QED) is 0.605. The first-order valence-electron chi connectivity index (χ1n) is 10.6. The van der Waals surface area contributed by atoms with E-state index in [2.05, 4.69) is 10.2 Å². The molecule has 7 nitrogen and oxygen atoms in total. The molecule has 0 aliphatic carbocycles. The van der Waals surface area contributed by atoms with Gasteiger partial charge in [-0.15, -0.1) is 0 Å². The highest BCUT2D eigenvalue weighted by Crippen LogP contribution is 2.25. The van der Waals surface area contributed by atoms with E-state index in [4.69, 9.17) is 14.6 Å². The molecule has 1 aliphatic heterocycles. The van der Waals surface area contributed by atoms with E-state index in [-0.39, 0.29) is 5.91 Å². The number of hydrogen-bond donors (Lipinski definition) is 1. The molecule has 0 bridgehead atoms. The zero-order chi connectivity index (χ0) is 21.6. The summed E-state index contributed by atoms with van der Waals surface area (Å²) in [5, 5.41) is 7.79. The summed E-state index contributed by atoms with van der Waals surface area (Å²) in [5.74, 6) is 1.39. The number of aromatic nitrogens is 2. The zero-order valence-corrected chi connectivity index (χ0v) is 18.0. The lowest BCUT2D eigenvalue weighted by atomic mass is 10.1. The van der Waals surface area contributed by atoms with E-state index >= 15 is 0 Å². The van der Waals surface area contributed by atoms with Gasteiger partial charge in [0.1, 0.15) is 17.2 Å². The van der Waals surface area contributed by atoms with Crippen LogP contribution in [0.3, 0.4) is 0 Å². The van der Waals surface area contributed by atoms with Gasteiger partial charge in [-0.05, 0) is 80.5 Å². The average molecular weight is 421 g/mol. The van der Waals surface area contributed by atoms with Crippen molar-refractivity contribution < 1.29 is 14.3 Å². The Bertz CT molecular complexity index is 1010. The van der Waals surface area contributed by atoms with Gasteiger partial charge in [0.2, 0.25) is 0 Å². The van der Waals surface area contributed by atoms with Crippen LogP contribution in [-0.4, -0.2) is 61.0 Å². The minimum atomic E-state index is -0.137. The maximum Gasteiger partial charge on any atom is 0.270 e. The summed E-state index contributed by atoms with van der Waals surface area (Å²) < 4.78 is 12.2. The predicted octanol–water partition coefficient (Wildman–Crippen LogP) is 3.38. The molecule has 0 saturated carbocycles. The van der Waals surface area contributed by atoms with Gasteiger partial charge in [0.15, 0.2) is 0 Å². The van der Waals surface area contributed by atoms with Gasteiger partial charge in [-0.3, -0.25) is 4.79 Å². The van der Waals surface area contributed by atoms with Gasteiger partial charge in [0.25, 0.3) is 5.91 Å². The van der Waals surface area contributed by atoms with Crippen molar-refractivity contribution in [1.29, 1.82) is 0 Å². The first-order chi connectivity index (χ1) is 15.2. The van der Waals surface area contributed by atoms with Crippen LogP contribution in [-0.2, 0) is 0 Å². The fourth-order valence-corrected chi connectivity index (χ4v) is 3.79. The summed E-state index contributed by atoms with van der Waals surface area (Å²) in [7, 11) is 3.27. The van der Waals surface area contributed by atoms with E-state index in [0.29, 0.717) is 12.2 Å². The summed E-state index contributed by atoms with van der Waals surface area (Å²) in [6.07, 6.45) is 2.48. The lowest BCUT2D eigenvalue weighted by molar-refractivity contribution is 0.0942. The molecule has 7 heteroatoms. The second-order valence-electron chi connectivity index (χ2n) is 7.56. The van der Waals surface area contributed by atoms with Crippen LogP contribution in [0.1, 0.15) is 23.3 Å². The minimum absolute atomic E-state index is 0.137. The highest BCUT2D eigenvalue weighted by Gasteiger charge is 2.18. The summed E-state index contributed by atoms with van der Waals surface area (Å²) in [5.41, 5.74) is 2.94. The van der Waals surface area contributed by atoms with Crippen molar-refractivity contribution in [2.24, 2.45) is 0 Å². The van der Waals surface area contributed by atoms with E-state index in [1.807, 2.05) is 54.6 Å². The molecule has 0 atom stereocenters. The van der Waals surface area contributed by atoms with Gasteiger partial charge in [-0.25, -0.2) is 4.68 Å². The highest BCUT2D eigenvalue weighted by atomic mass is 16.5. The number of methoxy groups -OCH3 is 2. The van der Waals surface area contributed by atoms with Gasteiger partial charge < -0.3 is 19.7 Å². The molecule has 4 rings (SSSR count). The first kappa shape index (κ1) is 20.9. The van der Waals surface area contributed by atoms with E-state index in [1.54, 1.807) is 18.9 Å². The third kappa shape index (κ3) is 4.88. The van der Waals surface area contributed by atoms with Crippen LogP contribution in [0.2, 0.25) is 0 Å². The number of hydrogen-bond acceptors (Lipinski definition) is 5. The Labute approximate surface area is 182 Å². The molecular weight excluding hydrogens is 392 g/mol. The predicted molar refractivity (Wildman–Crippen MR) is 120 cm³/mol. The highest BCUT2D eigenvalue weighted by molar-refractivity contribution is 5.94. The number of benzene rings is 2. The Balaban J connectivity index is 1.60. The molecule has 1 N–H and O–H groups in total. The fourth-order valence-electron chi connectivity index (χ4n) is 3.79. The molecule has 2 aromatic carbocycles. The fraction of sp³-hybridized carbons (Fsp3) is 0.333. The minimum Gasteiger partial charge on any atom is -0.497 e. The number of ether oxygens (including phenoxy) is 2. The van der Waals surface area contributed by atoms with Gasteiger partial charge in [-0.1, -0.05) is 0 Å². The lowest BCUT2D eigenvalue weighted by Crippen LogP contribution is -2.34. The van der Waals surface area contributed by atoms with Crippen molar-refractivity contribution in [1.82, 2.24) is 20.0 Å². The molecule has 1 saturated heterocycles. The van der Waals surface area contributed by atoms with Crippen LogP contribution in [0.4, 0.5) is 0 Å². The average Bonchev–Trinajstić information content (AvgIpc) is 3.49. The Morgan fingerprint density at radius 2 is 1.58 bits per heavy atom.